The number of carboxylic acids is 1. The summed E-state index contributed by atoms with van der Waals surface area (Å²) in [5, 5.41) is 16.6. The first-order valence-corrected chi connectivity index (χ1v) is 8.84. The molecular formula is C16H27N7O5. The molecule has 12 heteroatoms. The molecule has 0 radical (unpaired) electrons. The number of amides is 3. The Bertz CT molecular complexity index is 650. The summed E-state index contributed by atoms with van der Waals surface area (Å²) in [5.41, 5.74) is 11.1. The number of imidazole rings is 1. The molecule has 0 aromatic carbocycles. The van der Waals surface area contributed by atoms with E-state index in [0.29, 0.717) is 25.1 Å². The molecule has 0 saturated heterocycles. The lowest BCUT2D eigenvalue weighted by atomic mass is 10.1. The van der Waals surface area contributed by atoms with Crippen LogP contribution in [0.2, 0.25) is 0 Å². The fourth-order valence-corrected chi connectivity index (χ4v) is 2.35. The van der Waals surface area contributed by atoms with Crippen molar-refractivity contribution >= 4 is 23.7 Å². The Morgan fingerprint density at radius 3 is 2.43 bits per heavy atom. The number of nitrogens with two attached hydrogens (primary N) is 2. The molecule has 9 N–H and O–H groups in total. The zero-order valence-corrected chi connectivity index (χ0v) is 15.4. The van der Waals surface area contributed by atoms with Gasteiger partial charge in [0.15, 0.2) is 0 Å². The number of aliphatic carboxylic acids is 1. The van der Waals surface area contributed by atoms with Crippen LogP contribution in [0, 0.1) is 0 Å². The number of carbonyl (C=O) groups is 4. The van der Waals surface area contributed by atoms with Crippen LogP contribution in [0.3, 0.4) is 0 Å². The summed E-state index contributed by atoms with van der Waals surface area (Å²) in [5.74, 6) is -2.95. The number of aromatic nitrogens is 2. The van der Waals surface area contributed by atoms with E-state index in [1.165, 1.54) is 12.5 Å². The summed E-state index contributed by atoms with van der Waals surface area (Å²) in [4.78, 5) is 53.7. The van der Waals surface area contributed by atoms with Crippen LogP contribution in [0.1, 0.15) is 25.0 Å². The molecule has 2 unspecified atom stereocenters. The minimum atomic E-state index is -1.22. The Balaban J connectivity index is 2.71. The molecule has 2 atom stereocenters. The van der Waals surface area contributed by atoms with Gasteiger partial charge in [-0.25, -0.2) is 9.78 Å². The number of hydrogen-bond acceptors (Lipinski definition) is 7. The molecule has 1 aromatic heterocycles. The van der Waals surface area contributed by atoms with Gasteiger partial charge in [-0.3, -0.25) is 14.4 Å². The first-order valence-electron chi connectivity index (χ1n) is 8.84. The minimum Gasteiger partial charge on any atom is -0.480 e. The van der Waals surface area contributed by atoms with Gasteiger partial charge in [-0.05, 0) is 25.8 Å². The summed E-state index contributed by atoms with van der Waals surface area (Å²) in [6.45, 7) is -0.179. The van der Waals surface area contributed by atoms with Gasteiger partial charge < -0.3 is 37.5 Å². The van der Waals surface area contributed by atoms with Crippen LogP contribution in [0.4, 0.5) is 0 Å². The third kappa shape index (κ3) is 8.60. The van der Waals surface area contributed by atoms with E-state index in [0.717, 1.165) is 0 Å². The lowest BCUT2D eigenvalue weighted by Crippen LogP contribution is -2.53. The molecule has 0 bridgehead atoms. The summed E-state index contributed by atoms with van der Waals surface area (Å²) in [7, 11) is 0. The summed E-state index contributed by atoms with van der Waals surface area (Å²) >= 11 is 0. The number of H-pyrrole nitrogens is 1. The monoisotopic (exact) mass is 397 g/mol. The quantitative estimate of drug-likeness (QED) is 0.173. The summed E-state index contributed by atoms with van der Waals surface area (Å²) in [6.07, 6.45) is 4.35. The van der Waals surface area contributed by atoms with E-state index in [9.17, 15) is 24.3 Å². The van der Waals surface area contributed by atoms with Crippen LogP contribution >= 0.6 is 0 Å². The second-order valence-electron chi connectivity index (χ2n) is 6.07. The lowest BCUT2D eigenvalue weighted by molar-refractivity contribution is -0.142. The number of carbonyl (C=O) groups excluding carboxylic acids is 3. The zero-order valence-electron chi connectivity index (χ0n) is 15.4. The molecule has 28 heavy (non-hydrogen) atoms. The normalized spacial score (nSPS) is 12.6. The second kappa shape index (κ2) is 12.4. The van der Waals surface area contributed by atoms with Crippen molar-refractivity contribution < 1.29 is 24.3 Å². The topological polar surface area (TPSA) is 205 Å². The molecular weight excluding hydrogens is 370 g/mol. The zero-order chi connectivity index (χ0) is 20.9. The van der Waals surface area contributed by atoms with Crippen molar-refractivity contribution in [1.82, 2.24) is 25.9 Å². The number of carboxylic acid groups (broad SMARTS) is 1. The van der Waals surface area contributed by atoms with E-state index in [4.69, 9.17) is 11.5 Å². The van der Waals surface area contributed by atoms with E-state index in [1.807, 2.05) is 0 Å². The Morgan fingerprint density at radius 2 is 1.86 bits per heavy atom. The number of unbranched alkanes of at least 4 members (excludes halogenated alkanes) is 1. The average Bonchev–Trinajstić information content (AvgIpc) is 3.17. The fraction of sp³-hybridized carbons (Fsp3) is 0.562. The second-order valence-corrected chi connectivity index (χ2v) is 6.07. The van der Waals surface area contributed by atoms with Gasteiger partial charge in [0.1, 0.15) is 12.1 Å². The molecule has 1 aromatic rings. The van der Waals surface area contributed by atoms with Crippen molar-refractivity contribution in [2.24, 2.45) is 11.5 Å². The van der Waals surface area contributed by atoms with Crippen LogP contribution in [-0.4, -0.2) is 70.5 Å². The molecule has 1 rings (SSSR count). The predicted molar refractivity (Wildman–Crippen MR) is 98.8 cm³/mol. The number of aromatic amines is 1. The lowest BCUT2D eigenvalue weighted by Gasteiger charge is -2.21. The average molecular weight is 397 g/mol. The van der Waals surface area contributed by atoms with Gasteiger partial charge >= 0.3 is 5.97 Å². The molecule has 0 spiro atoms. The van der Waals surface area contributed by atoms with E-state index in [2.05, 4.69) is 25.9 Å². The predicted octanol–water partition coefficient (Wildman–Crippen LogP) is -2.79. The van der Waals surface area contributed by atoms with Crippen molar-refractivity contribution in [3.8, 4) is 0 Å². The molecule has 0 aliphatic carbocycles. The van der Waals surface area contributed by atoms with Gasteiger partial charge in [0.2, 0.25) is 17.7 Å². The van der Waals surface area contributed by atoms with Crippen molar-refractivity contribution in [3.05, 3.63) is 18.2 Å². The Morgan fingerprint density at radius 1 is 1.11 bits per heavy atom. The highest BCUT2D eigenvalue weighted by Crippen LogP contribution is 2.04. The molecule has 0 fully saturated rings. The maximum atomic E-state index is 12.6. The summed E-state index contributed by atoms with van der Waals surface area (Å²) in [6, 6.07) is -2.16. The van der Waals surface area contributed by atoms with Crippen molar-refractivity contribution in [2.75, 3.05) is 19.6 Å². The molecule has 0 aliphatic heterocycles. The van der Waals surface area contributed by atoms with Crippen LogP contribution < -0.4 is 27.4 Å². The Labute approximate surface area is 161 Å². The molecule has 156 valence electrons. The molecule has 0 aliphatic rings. The molecule has 3 amide bonds. The first-order chi connectivity index (χ1) is 13.4. The largest absolute Gasteiger partial charge is 0.480 e. The van der Waals surface area contributed by atoms with Gasteiger partial charge in [-0.15, -0.1) is 0 Å². The maximum absolute atomic E-state index is 12.6. The number of nitrogens with one attached hydrogen (secondary N) is 4. The van der Waals surface area contributed by atoms with E-state index in [-0.39, 0.29) is 25.9 Å². The van der Waals surface area contributed by atoms with Crippen molar-refractivity contribution in [2.45, 2.75) is 37.8 Å². The smallest absolute Gasteiger partial charge is 0.326 e. The van der Waals surface area contributed by atoms with Gasteiger partial charge in [-0.2, -0.15) is 0 Å². The van der Waals surface area contributed by atoms with Crippen LogP contribution in [0.25, 0.3) is 0 Å². The standard InChI is InChI=1S/C16H27N7O5/c17-4-2-1-3-11(22-14(25)8-20-13(24)6-18)15(26)23-12(16(27)28)5-10-7-19-9-21-10/h7,9,11-12H,1-6,8,17-18H2,(H,19,21)(H,20,24)(H,22,25)(H,23,26)(H,27,28). The van der Waals surface area contributed by atoms with Gasteiger partial charge in [-0.1, -0.05) is 0 Å². The third-order valence-corrected chi connectivity index (χ3v) is 3.82. The molecule has 12 nitrogen and oxygen atoms in total. The van der Waals surface area contributed by atoms with Crippen LogP contribution in [0.15, 0.2) is 12.5 Å². The minimum absolute atomic E-state index is 0.0110. The van der Waals surface area contributed by atoms with Crippen molar-refractivity contribution in [3.63, 3.8) is 0 Å². The molecule has 1 heterocycles. The first kappa shape index (κ1) is 23.0. The highest BCUT2D eigenvalue weighted by Gasteiger charge is 2.26. The van der Waals surface area contributed by atoms with Gasteiger partial charge in [0.05, 0.1) is 19.4 Å². The van der Waals surface area contributed by atoms with Crippen LogP contribution in [0.5, 0.6) is 0 Å². The maximum Gasteiger partial charge on any atom is 0.326 e. The van der Waals surface area contributed by atoms with E-state index >= 15 is 0 Å². The Kier molecular flexibility index (Phi) is 10.2. The third-order valence-electron chi connectivity index (χ3n) is 3.82. The van der Waals surface area contributed by atoms with E-state index in [1.54, 1.807) is 0 Å². The number of rotatable bonds is 13. The highest BCUT2D eigenvalue weighted by molar-refractivity contribution is 5.92. The Hall–Kier alpha value is -2.99. The van der Waals surface area contributed by atoms with Crippen molar-refractivity contribution in [1.29, 1.82) is 0 Å². The fourth-order valence-electron chi connectivity index (χ4n) is 2.35. The van der Waals surface area contributed by atoms with E-state index < -0.39 is 35.8 Å². The SMILES string of the molecule is NCCCCC(NC(=O)CNC(=O)CN)C(=O)NC(Cc1cnc[nH]1)C(=O)O. The van der Waals surface area contributed by atoms with Crippen LogP contribution in [-0.2, 0) is 25.6 Å². The number of hydrogen-bond donors (Lipinski definition) is 7. The number of nitrogens with zero attached hydrogens (tertiary/aromatic N) is 1. The molecule has 0 saturated carbocycles. The van der Waals surface area contributed by atoms with Gasteiger partial charge in [0, 0.05) is 18.3 Å². The summed E-state index contributed by atoms with van der Waals surface area (Å²) < 4.78 is 0. The van der Waals surface area contributed by atoms with Gasteiger partial charge in [0.25, 0.3) is 0 Å². The highest BCUT2D eigenvalue weighted by atomic mass is 16.4.